The Bertz CT molecular complexity index is 527. The molecule has 1 atom stereocenters. The molecule has 1 fully saturated rings. The normalized spacial score (nSPS) is 24.3. The van der Waals surface area contributed by atoms with E-state index in [2.05, 4.69) is 27.6 Å². The topological polar surface area (TPSA) is 54.2 Å². The van der Waals surface area contributed by atoms with Gasteiger partial charge in [-0.3, -0.25) is 0 Å². The fourth-order valence-electron chi connectivity index (χ4n) is 2.48. The van der Waals surface area contributed by atoms with Crippen LogP contribution in [0.5, 0.6) is 0 Å². The molecule has 2 N–H and O–H groups in total. The molecule has 0 radical (unpaired) electrons. The number of fused-ring (bicyclic) bond motifs is 1. The van der Waals surface area contributed by atoms with Crippen molar-refractivity contribution in [2.75, 3.05) is 25.0 Å². The zero-order valence-corrected chi connectivity index (χ0v) is 10.7. The van der Waals surface area contributed by atoms with Crippen molar-refractivity contribution in [1.82, 2.24) is 19.9 Å². The van der Waals surface area contributed by atoms with Crippen LogP contribution in [0.15, 0.2) is 24.5 Å². The molecule has 2 aromatic heterocycles. The summed E-state index contributed by atoms with van der Waals surface area (Å²) >= 11 is 0. The molecular weight excluding hydrogens is 226 g/mol. The Labute approximate surface area is 107 Å². The second-order valence-corrected chi connectivity index (χ2v) is 5.39. The van der Waals surface area contributed by atoms with E-state index in [1.165, 1.54) is 12.8 Å². The van der Waals surface area contributed by atoms with Gasteiger partial charge in [-0.05, 0) is 30.9 Å². The summed E-state index contributed by atoms with van der Waals surface area (Å²) < 4.78 is 1.77. The summed E-state index contributed by atoms with van der Waals surface area (Å²) in [7, 11) is 0. The van der Waals surface area contributed by atoms with Crippen molar-refractivity contribution in [1.29, 1.82) is 0 Å². The number of aromatic nitrogens is 3. The van der Waals surface area contributed by atoms with E-state index in [-0.39, 0.29) is 0 Å². The van der Waals surface area contributed by atoms with E-state index in [0.29, 0.717) is 5.41 Å². The molecular formula is C13H19N5. The second-order valence-electron chi connectivity index (χ2n) is 5.39. The largest absolute Gasteiger partial charge is 0.369 e. The fourth-order valence-corrected chi connectivity index (χ4v) is 2.48. The average molecular weight is 245 g/mol. The van der Waals surface area contributed by atoms with Gasteiger partial charge in [0.05, 0.1) is 6.20 Å². The predicted octanol–water partition coefficient (Wildman–Crippen LogP) is 1.53. The number of rotatable bonds is 3. The van der Waals surface area contributed by atoms with Gasteiger partial charge in [-0.15, -0.1) is 0 Å². The molecule has 1 aliphatic rings. The van der Waals surface area contributed by atoms with Crippen molar-refractivity contribution in [3.8, 4) is 0 Å². The maximum Gasteiger partial charge on any atom is 0.157 e. The van der Waals surface area contributed by atoms with Gasteiger partial charge in [0.25, 0.3) is 0 Å². The fraction of sp³-hybridized carbons (Fsp3) is 0.538. The predicted molar refractivity (Wildman–Crippen MR) is 71.7 cm³/mol. The van der Waals surface area contributed by atoms with Crippen LogP contribution < -0.4 is 10.6 Å². The minimum Gasteiger partial charge on any atom is -0.369 e. The molecule has 0 saturated carbocycles. The molecule has 3 rings (SSSR count). The maximum absolute atomic E-state index is 4.52. The summed E-state index contributed by atoms with van der Waals surface area (Å²) in [5.74, 6) is 0.926. The van der Waals surface area contributed by atoms with Gasteiger partial charge in [0, 0.05) is 25.4 Å². The van der Waals surface area contributed by atoms with Crippen LogP contribution in [-0.4, -0.2) is 34.2 Å². The maximum atomic E-state index is 4.52. The highest BCUT2D eigenvalue weighted by molar-refractivity contribution is 5.45. The Kier molecular flexibility index (Phi) is 2.91. The third kappa shape index (κ3) is 2.31. The van der Waals surface area contributed by atoms with Crippen molar-refractivity contribution < 1.29 is 0 Å². The molecule has 18 heavy (non-hydrogen) atoms. The number of hydrogen-bond donors (Lipinski definition) is 2. The average Bonchev–Trinajstić information content (AvgIpc) is 2.85. The van der Waals surface area contributed by atoms with Crippen molar-refractivity contribution in [3.05, 3.63) is 24.5 Å². The van der Waals surface area contributed by atoms with Gasteiger partial charge >= 0.3 is 0 Å². The molecule has 5 heteroatoms. The van der Waals surface area contributed by atoms with E-state index in [4.69, 9.17) is 0 Å². The number of nitrogens with zero attached hydrogens (tertiary/aromatic N) is 3. The molecule has 0 aromatic carbocycles. The SMILES string of the molecule is CC1(CNc2ccn3nccc3n2)CCCNC1. The van der Waals surface area contributed by atoms with Crippen LogP contribution in [0.1, 0.15) is 19.8 Å². The molecule has 5 nitrogen and oxygen atoms in total. The van der Waals surface area contributed by atoms with Gasteiger partial charge < -0.3 is 10.6 Å². The number of anilines is 1. The van der Waals surface area contributed by atoms with Gasteiger partial charge in [-0.25, -0.2) is 9.50 Å². The van der Waals surface area contributed by atoms with Crippen LogP contribution in [0.25, 0.3) is 5.65 Å². The summed E-state index contributed by atoms with van der Waals surface area (Å²) in [5.41, 5.74) is 1.21. The van der Waals surface area contributed by atoms with Crippen molar-refractivity contribution in [2.45, 2.75) is 19.8 Å². The zero-order valence-electron chi connectivity index (χ0n) is 10.7. The lowest BCUT2D eigenvalue weighted by atomic mass is 9.83. The van der Waals surface area contributed by atoms with Crippen LogP contribution >= 0.6 is 0 Å². The lowest BCUT2D eigenvalue weighted by Crippen LogP contribution is -2.42. The first-order valence-corrected chi connectivity index (χ1v) is 6.50. The monoisotopic (exact) mass is 245 g/mol. The smallest absolute Gasteiger partial charge is 0.157 e. The van der Waals surface area contributed by atoms with E-state index in [1.807, 2.05) is 18.3 Å². The summed E-state index contributed by atoms with van der Waals surface area (Å²) in [6, 6.07) is 3.88. The first-order valence-electron chi connectivity index (χ1n) is 6.50. The molecule has 0 bridgehead atoms. The Hall–Kier alpha value is -1.62. The molecule has 1 saturated heterocycles. The highest BCUT2D eigenvalue weighted by Crippen LogP contribution is 2.25. The van der Waals surface area contributed by atoms with Crippen molar-refractivity contribution >= 4 is 11.5 Å². The van der Waals surface area contributed by atoms with E-state index < -0.39 is 0 Å². The molecule has 2 aromatic rings. The first kappa shape index (κ1) is 11.5. The van der Waals surface area contributed by atoms with E-state index in [9.17, 15) is 0 Å². The molecule has 1 unspecified atom stereocenters. The van der Waals surface area contributed by atoms with Crippen LogP contribution in [0.4, 0.5) is 5.82 Å². The van der Waals surface area contributed by atoms with Gasteiger partial charge in [-0.2, -0.15) is 5.10 Å². The van der Waals surface area contributed by atoms with Gasteiger partial charge in [-0.1, -0.05) is 6.92 Å². The number of hydrogen-bond acceptors (Lipinski definition) is 4. The second kappa shape index (κ2) is 4.57. The summed E-state index contributed by atoms with van der Waals surface area (Å²) in [4.78, 5) is 4.52. The summed E-state index contributed by atoms with van der Waals surface area (Å²) in [6.45, 7) is 5.51. The minimum absolute atomic E-state index is 0.326. The van der Waals surface area contributed by atoms with Crippen LogP contribution in [0.2, 0.25) is 0 Å². The third-order valence-electron chi connectivity index (χ3n) is 3.64. The van der Waals surface area contributed by atoms with E-state index in [1.54, 1.807) is 10.7 Å². The zero-order chi connectivity index (χ0) is 12.4. The van der Waals surface area contributed by atoms with Crippen LogP contribution in [0, 0.1) is 5.41 Å². The molecule has 0 spiro atoms. The molecule has 3 heterocycles. The molecule has 0 aliphatic carbocycles. The van der Waals surface area contributed by atoms with Gasteiger partial charge in [0.2, 0.25) is 0 Å². The standard InChI is InChI=1S/C13H19N5/c1-13(5-2-6-14-9-13)10-15-11-4-8-18-12(17-11)3-7-16-18/h3-4,7-8,14H,2,5-6,9-10H2,1H3,(H,15,17). The quantitative estimate of drug-likeness (QED) is 0.861. The third-order valence-corrected chi connectivity index (χ3v) is 3.64. The van der Waals surface area contributed by atoms with Crippen molar-refractivity contribution in [3.63, 3.8) is 0 Å². The van der Waals surface area contributed by atoms with E-state index in [0.717, 1.165) is 31.1 Å². The molecule has 0 amide bonds. The molecule has 1 aliphatic heterocycles. The van der Waals surface area contributed by atoms with Crippen LogP contribution in [-0.2, 0) is 0 Å². The highest BCUT2D eigenvalue weighted by Gasteiger charge is 2.26. The lowest BCUT2D eigenvalue weighted by Gasteiger charge is -2.34. The summed E-state index contributed by atoms with van der Waals surface area (Å²) in [6.07, 6.45) is 6.22. The van der Waals surface area contributed by atoms with E-state index >= 15 is 0 Å². The van der Waals surface area contributed by atoms with Crippen LogP contribution in [0.3, 0.4) is 0 Å². The Morgan fingerprint density at radius 1 is 1.50 bits per heavy atom. The molecule has 96 valence electrons. The Morgan fingerprint density at radius 3 is 3.28 bits per heavy atom. The minimum atomic E-state index is 0.326. The van der Waals surface area contributed by atoms with Gasteiger partial charge in [0.1, 0.15) is 5.82 Å². The first-order chi connectivity index (χ1) is 8.75. The highest BCUT2D eigenvalue weighted by atomic mass is 15.2. The Balaban J connectivity index is 1.68. The number of nitrogens with one attached hydrogen (secondary N) is 2. The summed E-state index contributed by atoms with van der Waals surface area (Å²) in [5, 5.41) is 11.0. The Morgan fingerprint density at radius 2 is 2.44 bits per heavy atom. The lowest BCUT2D eigenvalue weighted by molar-refractivity contribution is 0.253. The van der Waals surface area contributed by atoms with Gasteiger partial charge in [0.15, 0.2) is 5.65 Å². The van der Waals surface area contributed by atoms with Crippen molar-refractivity contribution in [2.24, 2.45) is 5.41 Å². The number of piperidine rings is 1.